The van der Waals surface area contributed by atoms with Gasteiger partial charge < -0.3 is 10.1 Å². The fourth-order valence-corrected chi connectivity index (χ4v) is 2.91. The van der Waals surface area contributed by atoms with Crippen LogP contribution in [-0.2, 0) is 16.0 Å². The summed E-state index contributed by atoms with van der Waals surface area (Å²) in [5.74, 6) is 0.515. The highest BCUT2D eigenvalue weighted by atomic mass is 16.5. The second-order valence-corrected chi connectivity index (χ2v) is 6.25. The van der Waals surface area contributed by atoms with Crippen LogP contribution in [0, 0.1) is 6.92 Å². The Kier molecular flexibility index (Phi) is 5.03. The van der Waals surface area contributed by atoms with E-state index in [1.165, 1.54) is 4.90 Å². The molecule has 1 aliphatic heterocycles. The number of likely N-dealkylation sites (tertiary alicyclic amines) is 1. The minimum Gasteiger partial charge on any atom is -0.497 e. The molecule has 1 N–H and O–H groups in total. The first-order chi connectivity index (χ1) is 12.1. The normalized spacial score (nSPS) is 17.0. The van der Waals surface area contributed by atoms with E-state index in [0.717, 1.165) is 22.6 Å². The minimum absolute atomic E-state index is 0.122. The van der Waals surface area contributed by atoms with E-state index in [4.69, 9.17) is 4.74 Å². The average molecular weight is 338 g/mol. The van der Waals surface area contributed by atoms with Crippen LogP contribution in [0.5, 0.6) is 5.75 Å². The number of carbonyl (C=O) groups is 2. The maximum absolute atomic E-state index is 12.5. The Balaban J connectivity index is 1.59. The fraction of sp³-hybridized carbons (Fsp3) is 0.300. The molecule has 0 saturated carbocycles. The summed E-state index contributed by atoms with van der Waals surface area (Å²) in [7, 11) is 1.62. The molecule has 0 bridgehead atoms. The molecule has 0 aliphatic carbocycles. The van der Waals surface area contributed by atoms with E-state index in [2.05, 4.69) is 5.32 Å². The minimum atomic E-state index is -0.480. The summed E-state index contributed by atoms with van der Waals surface area (Å²) in [6.45, 7) is 2.41. The molecule has 0 spiro atoms. The number of rotatable bonds is 6. The van der Waals surface area contributed by atoms with Crippen LogP contribution in [-0.4, -0.2) is 36.4 Å². The van der Waals surface area contributed by atoms with Gasteiger partial charge in [0.1, 0.15) is 11.8 Å². The Labute approximate surface area is 147 Å². The van der Waals surface area contributed by atoms with E-state index < -0.39 is 6.04 Å². The maximum Gasteiger partial charge on any atom is 0.252 e. The average Bonchev–Trinajstić information content (AvgIpc) is 2.89. The summed E-state index contributed by atoms with van der Waals surface area (Å²) in [6.07, 6.45) is 0.841. The number of amides is 2. The van der Waals surface area contributed by atoms with Crippen LogP contribution in [0.2, 0.25) is 0 Å². The molecule has 0 unspecified atom stereocenters. The van der Waals surface area contributed by atoms with E-state index in [9.17, 15) is 9.59 Å². The number of imide groups is 1. The highest BCUT2D eigenvalue weighted by Crippen LogP contribution is 2.20. The van der Waals surface area contributed by atoms with Crippen LogP contribution in [0.1, 0.15) is 17.5 Å². The zero-order chi connectivity index (χ0) is 17.8. The smallest absolute Gasteiger partial charge is 0.252 e. The van der Waals surface area contributed by atoms with Crippen LogP contribution in [0.25, 0.3) is 0 Å². The lowest BCUT2D eigenvalue weighted by Gasteiger charge is -2.16. The lowest BCUT2D eigenvalue weighted by molar-refractivity contribution is -0.138. The van der Waals surface area contributed by atoms with E-state index in [1.54, 1.807) is 7.11 Å². The second kappa shape index (κ2) is 7.38. The molecule has 2 aromatic carbocycles. The van der Waals surface area contributed by atoms with Crippen molar-refractivity contribution in [2.24, 2.45) is 0 Å². The zero-order valence-corrected chi connectivity index (χ0v) is 14.5. The Morgan fingerprint density at radius 1 is 1.08 bits per heavy atom. The van der Waals surface area contributed by atoms with Crippen LogP contribution in [0.15, 0.2) is 48.5 Å². The molecule has 2 aromatic rings. The molecule has 0 radical (unpaired) electrons. The van der Waals surface area contributed by atoms with Gasteiger partial charge in [-0.05, 0) is 43.2 Å². The molecule has 0 aromatic heterocycles. The Bertz CT molecular complexity index is 754. The van der Waals surface area contributed by atoms with Gasteiger partial charge >= 0.3 is 0 Å². The lowest BCUT2D eigenvalue weighted by atomic mass is 10.1. The van der Waals surface area contributed by atoms with Crippen LogP contribution >= 0.6 is 0 Å². The number of aryl methyl sites for hydroxylation is 1. The molecule has 1 atom stereocenters. The van der Waals surface area contributed by atoms with E-state index in [1.807, 2.05) is 55.5 Å². The molecule has 25 heavy (non-hydrogen) atoms. The predicted octanol–water partition coefficient (Wildman–Crippen LogP) is 2.79. The summed E-state index contributed by atoms with van der Waals surface area (Å²) in [6, 6.07) is 15.0. The summed E-state index contributed by atoms with van der Waals surface area (Å²) >= 11 is 0. The Morgan fingerprint density at radius 3 is 2.40 bits per heavy atom. The largest absolute Gasteiger partial charge is 0.497 e. The number of methoxy groups -OCH3 is 1. The molecule has 1 fully saturated rings. The summed E-state index contributed by atoms with van der Waals surface area (Å²) in [4.78, 5) is 26.1. The van der Waals surface area contributed by atoms with Gasteiger partial charge in [-0.2, -0.15) is 0 Å². The number of hydrogen-bond donors (Lipinski definition) is 1. The number of nitrogens with one attached hydrogen (secondary N) is 1. The lowest BCUT2D eigenvalue weighted by Crippen LogP contribution is -2.36. The van der Waals surface area contributed by atoms with Gasteiger partial charge in [-0.3, -0.25) is 14.5 Å². The van der Waals surface area contributed by atoms with Gasteiger partial charge in [0.15, 0.2) is 0 Å². The first kappa shape index (κ1) is 17.0. The number of carbonyl (C=O) groups excluding carboxylic acids is 2. The molecule has 5 nitrogen and oxygen atoms in total. The number of ether oxygens (including phenoxy) is 1. The Hall–Kier alpha value is -2.82. The molecular formula is C20H22N2O3. The quantitative estimate of drug-likeness (QED) is 0.823. The standard InChI is InChI=1S/C20H22N2O3/c1-14-3-7-16(8-4-14)21-18-13-19(23)22(20(18)24)12-11-15-5-9-17(25-2)10-6-15/h3-10,18,21H,11-13H2,1-2H3/t18-/m0/s1. The monoisotopic (exact) mass is 338 g/mol. The fourth-order valence-electron chi connectivity index (χ4n) is 2.91. The Morgan fingerprint density at radius 2 is 1.76 bits per heavy atom. The van der Waals surface area contributed by atoms with Gasteiger partial charge in [0.2, 0.25) is 5.91 Å². The van der Waals surface area contributed by atoms with Crippen molar-refractivity contribution in [3.05, 3.63) is 59.7 Å². The van der Waals surface area contributed by atoms with Crippen molar-refractivity contribution in [2.45, 2.75) is 25.8 Å². The summed E-state index contributed by atoms with van der Waals surface area (Å²) in [5, 5.41) is 3.16. The third-order valence-electron chi connectivity index (χ3n) is 4.42. The van der Waals surface area contributed by atoms with Gasteiger partial charge in [0.25, 0.3) is 5.91 Å². The van der Waals surface area contributed by atoms with E-state index >= 15 is 0 Å². The molecule has 5 heteroatoms. The van der Waals surface area contributed by atoms with Crippen molar-refractivity contribution in [3.63, 3.8) is 0 Å². The van der Waals surface area contributed by atoms with Crippen molar-refractivity contribution in [1.82, 2.24) is 4.90 Å². The highest BCUT2D eigenvalue weighted by Gasteiger charge is 2.38. The molecule has 2 amide bonds. The zero-order valence-electron chi connectivity index (χ0n) is 14.5. The highest BCUT2D eigenvalue weighted by molar-refractivity contribution is 6.06. The van der Waals surface area contributed by atoms with Crippen molar-refractivity contribution >= 4 is 17.5 Å². The first-order valence-electron chi connectivity index (χ1n) is 8.37. The van der Waals surface area contributed by atoms with Gasteiger partial charge in [0.05, 0.1) is 13.5 Å². The topological polar surface area (TPSA) is 58.6 Å². The number of hydrogen-bond acceptors (Lipinski definition) is 4. The third kappa shape index (κ3) is 3.99. The van der Waals surface area contributed by atoms with E-state index in [0.29, 0.717) is 13.0 Å². The third-order valence-corrected chi connectivity index (χ3v) is 4.42. The first-order valence-corrected chi connectivity index (χ1v) is 8.37. The van der Waals surface area contributed by atoms with Gasteiger partial charge in [0, 0.05) is 12.2 Å². The molecule has 3 rings (SSSR count). The molecular weight excluding hydrogens is 316 g/mol. The van der Waals surface area contributed by atoms with Crippen LogP contribution in [0.3, 0.4) is 0 Å². The van der Waals surface area contributed by atoms with Gasteiger partial charge in [-0.15, -0.1) is 0 Å². The molecule has 1 aliphatic rings. The van der Waals surface area contributed by atoms with Crippen molar-refractivity contribution in [1.29, 1.82) is 0 Å². The number of nitrogens with zero attached hydrogens (tertiary/aromatic N) is 1. The summed E-state index contributed by atoms with van der Waals surface area (Å²) in [5.41, 5.74) is 3.07. The maximum atomic E-state index is 12.5. The van der Waals surface area contributed by atoms with Crippen molar-refractivity contribution < 1.29 is 14.3 Å². The van der Waals surface area contributed by atoms with Gasteiger partial charge in [-0.25, -0.2) is 0 Å². The SMILES string of the molecule is COc1ccc(CCN2C(=O)C[C@H](Nc3ccc(C)cc3)C2=O)cc1. The number of benzene rings is 2. The van der Waals surface area contributed by atoms with Crippen molar-refractivity contribution in [2.75, 3.05) is 19.0 Å². The van der Waals surface area contributed by atoms with Crippen molar-refractivity contribution in [3.8, 4) is 5.75 Å². The predicted molar refractivity (Wildman–Crippen MR) is 96.6 cm³/mol. The molecule has 1 saturated heterocycles. The molecule has 130 valence electrons. The van der Waals surface area contributed by atoms with E-state index in [-0.39, 0.29) is 18.2 Å². The van der Waals surface area contributed by atoms with Crippen LogP contribution in [0.4, 0.5) is 5.69 Å². The summed E-state index contributed by atoms with van der Waals surface area (Å²) < 4.78 is 5.13. The molecule has 1 heterocycles. The van der Waals surface area contributed by atoms with Gasteiger partial charge in [-0.1, -0.05) is 29.8 Å². The van der Waals surface area contributed by atoms with Crippen LogP contribution < -0.4 is 10.1 Å². The number of anilines is 1. The second-order valence-electron chi connectivity index (χ2n) is 6.25.